The summed E-state index contributed by atoms with van der Waals surface area (Å²) in [5, 5.41) is 3.99. The van der Waals surface area contributed by atoms with Crippen molar-refractivity contribution >= 4 is 33.4 Å². The largest absolute Gasteiger partial charge is 0.347 e. The molecule has 0 unspecified atom stereocenters. The van der Waals surface area contributed by atoms with Crippen molar-refractivity contribution in [3.05, 3.63) is 29.3 Å². The Morgan fingerprint density at radius 1 is 1.07 bits per heavy atom. The van der Waals surface area contributed by atoms with Gasteiger partial charge in [-0.15, -0.1) is 11.3 Å². The number of nitrogens with one attached hydrogen (secondary N) is 1. The molecule has 2 aliphatic rings. The first kappa shape index (κ1) is 19.3. The van der Waals surface area contributed by atoms with E-state index >= 15 is 0 Å². The molecular formula is C21H28N4O2S. The highest BCUT2D eigenvalue weighted by molar-refractivity contribution is 7.18. The van der Waals surface area contributed by atoms with Gasteiger partial charge in [0.05, 0.1) is 23.3 Å². The van der Waals surface area contributed by atoms with Crippen LogP contribution in [0.3, 0.4) is 0 Å². The molecule has 2 amide bonds. The number of nitrogens with zero attached hydrogens (tertiary/aromatic N) is 3. The molecular weight excluding hydrogens is 372 g/mol. The topological polar surface area (TPSA) is 65.5 Å². The van der Waals surface area contributed by atoms with Crippen LogP contribution in [0.5, 0.6) is 0 Å². The number of hydrogen-bond donors (Lipinski definition) is 1. The molecule has 0 atom stereocenters. The first-order chi connectivity index (χ1) is 13.7. The third-order valence-electron chi connectivity index (χ3n) is 5.81. The minimum Gasteiger partial charge on any atom is -0.347 e. The summed E-state index contributed by atoms with van der Waals surface area (Å²) in [5.74, 6) is 0.193. The number of aromatic nitrogens is 1. The molecule has 1 saturated carbocycles. The lowest BCUT2D eigenvalue weighted by Crippen LogP contribution is -2.51. The first-order valence-electron chi connectivity index (χ1n) is 10.3. The summed E-state index contributed by atoms with van der Waals surface area (Å²) in [6.07, 6.45) is 5.41. The summed E-state index contributed by atoms with van der Waals surface area (Å²) in [7, 11) is 0. The summed E-state index contributed by atoms with van der Waals surface area (Å²) >= 11 is 1.74. The summed E-state index contributed by atoms with van der Waals surface area (Å²) < 4.78 is 1.22. The van der Waals surface area contributed by atoms with Gasteiger partial charge in [0.2, 0.25) is 11.8 Å². The van der Waals surface area contributed by atoms with E-state index in [1.807, 2.05) is 23.1 Å². The second kappa shape index (κ2) is 9.01. The smallest absolute Gasteiger partial charge is 0.242 e. The van der Waals surface area contributed by atoms with Crippen LogP contribution in [0.25, 0.3) is 10.2 Å². The zero-order valence-corrected chi connectivity index (χ0v) is 17.0. The van der Waals surface area contributed by atoms with Gasteiger partial charge >= 0.3 is 0 Å². The van der Waals surface area contributed by atoms with Gasteiger partial charge in [-0.2, -0.15) is 0 Å². The highest BCUT2D eigenvalue weighted by Gasteiger charge is 2.24. The van der Waals surface area contributed by atoms with E-state index in [1.54, 1.807) is 11.3 Å². The first-order valence-corrected chi connectivity index (χ1v) is 11.1. The standard InChI is InChI=1S/C21H28N4O2S/c26-20(14-22-21(27)16-6-2-1-3-7-16)25-12-10-24(11-13-25)15-19-23-17-8-4-5-9-18(17)28-19/h4-5,8-9,16H,1-3,6-7,10-15H2,(H,22,27). The van der Waals surface area contributed by atoms with E-state index in [4.69, 9.17) is 4.98 Å². The van der Waals surface area contributed by atoms with E-state index in [9.17, 15) is 9.59 Å². The Kier molecular flexibility index (Phi) is 6.22. The maximum absolute atomic E-state index is 12.5. The van der Waals surface area contributed by atoms with Crippen LogP contribution >= 0.6 is 11.3 Å². The van der Waals surface area contributed by atoms with Gasteiger partial charge in [-0.1, -0.05) is 31.4 Å². The predicted octanol–water partition coefficient (Wildman–Crippen LogP) is 2.64. The molecule has 2 aromatic rings. The molecule has 2 fully saturated rings. The third kappa shape index (κ3) is 4.70. The van der Waals surface area contributed by atoms with Crippen LogP contribution < -0.4 is 5.32 Å². The van der Waals surface area contributed by atoms with Gasteiger partial charge in [-0.3, -0.25) is 14.5 Å². The molecule has 1 aromatic heterocycles. The average Bonchev–Trinajstić information content (AvgIpc) is 3.15. The monoisotopic (exact) mass is 400 g/mol. The van der Waals surface area contributed by atoms with Gasteiger partial charge in [0.1, 0.15) is 5.01 Å². The summed E-state index contributed by atoms with van der Waals surface area (Å²) in [6.45, 7) is 4.08. The molecule has 4 rings (SSSR count). The van der Waals surface area contributed by atoms with Crippen molar-refractivity contribution in [2.45, 2.75) is 38.6 Å². The number of carbonyl (C=O) groups excluding carboxylic acids is 2. The number of para-hydroxylation sites is 1. The number of piperazine rings is 1. The zero-order valence-electron chi connectivity index (χ0n) is 16.2. The minimum absolute atomic E-state index is 0.0313. The van der Waals surface area contributed by atoms with Gasteiger partial charge in [0.25, 0.3) is 0 Å². The second-order valence-corrected chi connectivity index (χ2v) is 8.90. The van der Waals surface area contributed by atoms with Crippen LogP contribution in [0.4, 0.5) is 0 Å². The molecule has 0 radical (unpaired) electrons. The quantitative estimate of drug-likeness (QED) is 0.838. The molecule has 1 aromatic carbocycles. The van der Waals surface area contributed by atoms with Crippen LogP contribution in [0.15, 0.2) is 24.3 Å². The van der Waals surface area contributed by atoms with Crippen molar-refractivity contribution in [1.29, 1.82) is 0 Å². The maximum atomic E-state index is 12.5. The Bertz CT molecular complexity index is 790. The van der Waals surface area contributed by atoms with E-state index < -0.39 is 0 Å². The van der Waals surface area contributed by atoms with Crippen molar-refractivity contribution in [2.24, 2.45) is 5.92 Å². The number of benzene rings is 1. The number of thiazole rings is 1. The van der Waals surface area contributed by atoms with Crippen molar-refractivity contribution in [1.82, 2.24) is 20.1 Å². The van der Waals surface area contributed by atoms with Crippen molar-refractivity contribution in [2.75, 3.05) is 32.7 Å². The van der Waals surface area contributed by atoms with Gasteiger partial charge < -0.3 is 10.2 Å². The summed E-state index contributed by atoms with van der Waals surface area (Å²) in [6, 6.07) is 8.22. The molecule has 7 heteroatoms. The molecule has 28 heavy (non-hydrogen) atoms. The minimum atomic E-state index is 0.0313. The summed E-state index contributed by atoms with van der Waals surface area (Å²) in [5.41, 5.74) is 1.06. The molecule has 1 aliphatic heterocycles. The van der Waals surface area contributed by atoms with Crippen molar-refractivity contribution in [3.8, 4) is 0 Å². The molecule has 1 saturated heterocycles. The van der Waals surface area contributed by atoms with Crippen LogP contribution in [-0.4, -0.2) is 59.3 Å². The van der Waals surface area contributed by atoms with Crippen molar-refractivity contribution < 1.29 is 9.59 Å². The van der Waals surface area contributed by atoms with Crippen LogP contribution in [0.2, 0.25) is 0 Å². The Hall–Kier alpha value is -1.99. The van der Waals surface area contributed by atoms with E-state index in [1.165, 1.54) is 11.1 Å². The lowest BCUT2D eigenvalue weighted by molar-refractivity contribution is -0.135. The molecule has 0 bridgehead atoms. The van der Waals surface area contributed by atoms with E-state index in [0.717, 1.165) is 55.8 Å². The van der Waals surface area contributed by atoms with E-state index in [-0.39, 0.29) is 24.3 Å². The predicted molar refractivity (Wildman–Crippen MR) is 111 cm³/mol. The van der Waals surface area contributed by atoms with Gasteiger partial charge in [0, 0.05) is 32.1 Å². The normalized spacial score (nSPS) is 19.1. The number of rotatable bonds is 5. The lowest BCUT2D eigenvalue weighted by Gasteiger charge is -2.34. The Labute approximate surface area is 169 Å². The summed E-state index contributed by atoms with van der Waals surface area (Å²) in [4.78, 5) is 33.6. The third-order valence-corrected chi connectivity index (χ3v) is 6.83. The zero-order chi connectivity index (χ0) is 19.3. The Morgan fingerprint density at radius 3 is 2.57 bits per heavy atom. The highest BCUT2D eigenvalue weighted by Crippen LogP contribution is 2.24. The van der Waals surface area contributed by atoms with Crippen LogP contribution in [0, 0.1) is 5.92 Å². The van der Waals surface area contributed by atoms with Gasteiger partial charge in [-0.25, -0.2) is 4.98 Å². The molecule has 2 heterocycles. The lowest BCUT2D eigenvalue weighted by atomic mass is 9.89. The number of amides is 2. The maximum Gasteiger partial charge on any atom is 0.242 e. The SMILES string of the molecule is O=C(NCC(=O)N1CCN(Cc2nc3ccccc3s2)CC1)C1CCCCC1. The fourth-order valence-electron chi connectivity index (χ4n) is 4.12. The molecule has 6 nitrogen and oxygen atoms in total. The fourth-order valence-corrected chi connectivity index (χ4v) is 5.13. The molecule has 150 valence electrons. The van der Waals surface area contributed by atoms with Gasteiger partial charge in [0.15, 0.2) is 0 Å². The van der Waals surface area contributed by atoms with Crippen LogP contribution in [-0.2, 0) is 16.1 Å². The second-order valence-electron chi connectivity index (χ2n) is 7.79. The number of fused-ring (bicyclic) bond motifs is 1. The number of hydrogen-bond acceptors (Lipinski definition) is 5. The van der Waals surface area contributed by atoms with Crippen molar-refractivity contribution in [3.63, 3.8) is 0 Å². The van der Waals surface area contributed by atoms with Gasteiger partial charge in [-0.05, 0) is 25.0 Å². The van der Waals surface area contributed by atoms with E-state index in [2.05, 4.69) is 16.3 Å². The fraction of sp³-hybridized carbons (Fsp3) is 0.571. The average molecular weight is 401 g/mol. The highest BCUT2D eigenvalue weighted by atomic mass is 32.1. The molecule has 1 N–H and O–H groups in total. The Morgan fingerprint density at radius 2 is 1.82 bits per heavy atom. The van der Waals surface area contributed by atoms with E-state index in [0.29, 0.717) is 13.1 Å². The number of carbonyl (C=O) groups is 2. The van der Waals surface area contributed by atoms with Crippen LogP contribution in [0.1, 0.15) is 37.1 Å². The Balaban J connectivity index is 1.21. The molecule has 0 spiro atoms. The molecule has 1 aliphatic carbocycles.